The van der Waals surface area contributed by atoms with Crippen molar-refractivity contribution in [3.05, 3.63) is 66.5 Å². The summed E-state index contributed by atoms with van der Waals surface area (Å²) in [4.78, 5) is 12.1. The number of carbonyl (C=O) groups excluding carboxylic acids is 1. The normalized spacial score (nSPS) is 11.1. The summed E-state index contributed by atoms with van der Waals surface area (Å²) in [6.45, 7) is -1.25. The number of carbonyl (C=O) groups is 1. The third-order valence-electron chi connectivity index (χ3n) is 3.92. The lowest BCUT2D eigenvalue weighted by molar-refractivity contribution is -0.153. The zero-order chi connectivity index (χ0) is 21.6. The third kappa shape index (κ3) is 5.90. The number of rotatable bonds is 7. The molecule has 0 unspecified atom stereocenters. The first-order valence-electron chi connectivity index (χ1n) is 8.85. The maximum Gasteiger partial charge on any atom is 0.422 e. The van der Waals surface area contributed by atoms with Crippen molar-refractivity contribution < 1.29 is 27.4 Å². The molecule has 10 heteroatoms. The Morgan fingerprint density at radius 3 is 2.60 bits per heavy atom. The van der Waals surface area contributed by atoms with Gasteiger partial charge in [-0.15, -0.1) is 0 Å². The zero-order valence-corrected chi connectivity index (χ0v) is 15.9. The summed E-state index contributed by atoms with van der Waals surface area (Å²) in [5.74, 6) is -0.00435. The fourth-order valence-corrected chi connectivity index (χ4v) is 2.56. The SMILES string of the molecule is COc1ccc(NC(=O)NCc2cnn(-c3ccccc3)c2)cc1OCC(F)(F)F. The standard InChI is InChI=1S/C20H19F3N4O3/c1-29-17-8-7-15(9-18(17)30-13-20(21,22)23)26-19(28)24-10-14-11-25-27(12-14)16-5-3-2-4-6-16/h2-9,11-12H,10,13H2,1H3,(H2,24,26,28). The highest BCUT2D eigenvalue weighted by atomic mass is 19.4. The molecule has 0 aliphatic rings. The minimum absolute atomic E-state index is 0.124. The van der Waals surface area contributed by atoms with Crippen LogP contribution in [0.1, 0.15) is 5.56 Å². The highest BCUT2D eigenvalue weighted by molar-refractivity contribution is 5.89. The van der Waals surface area contributed by atoms with Crippen LogP contribution in [0.3, 0.4) is 0 Å². The molecule has 3 aromatic rings. The molecule has 0 saturated heterocycles. The summed E-state index contributed by atoms with van der Waals surface area (Å²) in [6, 6.07) is 13.1. The van der Waals surface area contributed by atoms with Crippen LogP contribution in [-0.4, -0.2) is 35.7 Å². The Balaban J connectivity index is 1.57. The van der Waals surface area contributed by atoms with Crippen molar-refractivity contribution >= 4 is 11.7 Å². The second-order valence-corrected chi connectivity index (χ2v) is 6.21. The van der Waals surface area contributed by atoms with Crippen LogP contribution in [0.25, 0.3) is 5.69 Å². The molecule has 0 aliphatic carbocycles. The highest BCUT2D eigenvalue weighted by Gasteiger charge is 2.29. The van der Waals surface area contributed by atoms with Crippen molar-refractivity contribution in [3.63, 3.8) is 0 Å². The van der Waals surface area contributed by atoms with Crippen LogP contribution < -0.4 is 20.1 Å². The number of alkyl halides is 3. The maximum atomic E-state index is 12.4. The monoisotopic (exact) mass is 420 g/mol. The van der Waals surface area contributed by atoms with E-state index >= 15 is 0 Å². The molecule has 0 saturated carbocycles. The summed E-state index contributed by atoms with van der Waals surface area (Å²) in [5.41, 5.74) is 1.92. The van der Waals surface area contributed by atoms with Gasteiger partial charge in [0.05, 0.1) is 19.0 Å². The second-order valence-electron chi connectivity index (χ2n) is 6.21. The fraction of sp³-hybridized carbons (Fsp3) is 0.200. The minimum atomic E-state index is -4.49. The molecular weight excluding hydrogens is 401 g/mol. The van der Waals surface area contributed by atoms with Crippen LogP contribution in [0.4, 0.5) is 23.7 Å². The smallest absolute Gasteiger partial charge is 0.422 e. The summed E-state index contributed by atoms with van der Waals surface area (Å²) >= 11 is 0. The Kier molecular flexibility index (Phi) is 6.45. The first-order chi connectivity index (χ1) is 14.3. The minimum Gasteiger partial charge on any atom is -0.493 e. The predicted octanol–water partition coefficient (Wildman–Crippen LogP) is 4.14. The van der Waals surface area contributed by atoms with E-state index in [0.29, 0.717) is 0 Å². The third-order valence-corrected chi connectivity index (χ3v) is 3.92. The van der Waals surface area contributed by atoms with Gasteiger partial charge in [0, 0.05) is 30.1 Å². The van der Waals surface area contributed by atoms with Crippen LogP contribution >= 0.6 is 0 Å². The molecule has 0 bridgehead atoms. The van der Waals surface area contributed by atoms with E-state index in [1.54, 1.807) is 17.1 Å². The van der Waals surface area contributed by atoms with E-state index in [9.17, 15) is 18.0 Å². The Morgan fingerprint density at radius 1 is 1.13 bits per heavy atom. The van der Waals surface area contributed by atoms with Gasteiger partial charge >= 0.3 is 12.2 Å². The number of anilines is 1. The number of hydrogen-bond donors (Lipinski definition) is 2. The summed E-state index contributed by atoms with van der Waals surface area (Å²) < 4.78 is 48.6. The molecular formula is C20H19F3N4O3. The molecule has 7 nitrogen and oxygen atoms in total. The van der Waals surface area contributed by atoms with Gasteiger partial charge in [-0.3, -0.25) is 0 Å². The lowest BCUT2D eigenvalue weighted by Crippen LogP contribution is -2.28. The summed E-state index contributed by atoms with van der Waals surface area (Å²) in [7, 11) is 1.31. The first kappa shape index (κ1) is 21.0. The highest BCUT2D eigenvalue weighted by Crippen LogP contribution is 2.31. The number of nitrogens with zero attached hydrogens (tertiary/aromatic N) is 2. The molecule has 1 aromatic heterocycles. The largest absolute Gasteiger partial charge is 0.493 e. The number of hydrogen-bond acceptors (Lipinski definition) is 4. The number of para-hydroxylation sites is 1. The van der Waals surface area contributed by atoms with Crippen molar-refractivity contribution in [3.8, 4) is 17.2 Å². The van der Waals surface area contributed by atoms with Crippen molar-refractivity contribution in [2.45, 2.75) is 12.7 Å². The molecule has 2 aromatic carbocycles. The van der Waals surface area contributed by atoms with Crippen molar-refractivity contribution in [2.24, 2.45) is 0 Å². The predicted molar refractivity (Wildman–Crippen MR) is 104 cm³/mol. The van der Waals surface area contributed by atoms with Crippen LogP contribution in [-0.2, 0) is 6.54 Å². The number of halogens is 3. The number of methoxy groups -OCH3 is 1. The lowest BCUT2D eigenvalue weighted by Gasteiger charge is -2.14. The maximum absolute atomic E-state index is 12.4. The van der Waals surface area contributed by atoms with Crippen molar-refractivity contribution in [2.75, 3.05) is 19.0 Å². The van der Waals surface area contributed by atoms with Crippen molar-refractivity contribution in [1.82, 2.24) is 15.1 Å². The molecule has 0 spiro atoms. The Morgan fingerprint density at radius 2 is 1.90 bits per heavy atom. The molecule has 2 amide bonds. The lowest BCUT2D eigenvalue weighted by atomic mass is 10.2. The van der Waals surface area contributed by atoms with Gasteiger partial charge in [0.2, 0.25) is 0 Å². The Labute approximate surface area is 170 Å². The summed E-state index contributed by atoms with van der Waals surface area (Å²) in [6.07, 6.45) is -1.08. The molecule has 2 N–H and O–H groups in total. The van der Waals surface area contributed by atoms with E-state index in [0.717, 1.165) is 11.3 Å². The molecule has 30 heavy (non-hydrogen) atoms. The second kappa shape index (κ2) is 9.21. The van der Waals surface area contributed by atoms with Gasteiger partial charge in [-0.25, -0.2) is 9.48 Å². The number of nitrogens with one attached hydrogen (secondary N) is 2. The number of amides is 2. The van der Waals surface area contributed by atoms with E-state index in [-0.39, 0.29) is 23.7 Å². The van der Waals surface area contributed by atoms with E-state index in [1.807, 2.05) is 30.3 Å². The Hall–Kier alpha value is -3.69. The molecule has 0 fully saturated rings. The molecule has 0 atom stereocenters. The molecule has 3 rings (SSSR count). The molecule has 0 aliphatic heterocycles. The van der Waals surface area contributed by atoms with Crippen molar-refractivity contribution in [1.29, 1.82) is 0 Å². The van der Waals surface area contributed by atoms with Gasteiger partial charge in [-0.1, -0.05) is 18.2 Å². The molecule has 1 heterocycles. The van der Waals surface area contributed by atoms with Crippen LogP contribution in [0.15, 0.2) is 60.9 Å². The van der Waals surface area contributed by atoms with Gasteiger partial charge in [0.15, 0.2) is 18.1 Å². The van der Waals surface area contributed by atoms with E-state index in [1.165, 1.54) is 25.3 Å². The van der Waals surface area contributed by atoms with Gasteiger partial charge in [-0.2, -0.15) is 18.3 Å². The fourth-order valence-electron chi connectivity index (χ4n) is 2.56. The van der Waals surface area contributed by atoms with Gasteiger partial charge in [0.1, 0.15) is 0 Å². The average Bonchev–Trinajstić information content (AvgIpc) is 3.20. The van der Waals surface area contributed by atoms with Crippen LogP contribution in [0, 0.1) is 0 Å². The van der Waals surface area contributed by atoms with Crippen LogP contribution in [0.2, 0.25) is 0 Å². The van der Waals surface area contributed by atoms with Gasteiger partial charge in [0.25, 0.3) is 0 Å². The number of benzene rings is 2. The number of aromatic nitrogens is 2. The quantitative estimate of drug-likeness (QED) is 0.602. The molecule has 158 valence electrons. The topological polar surface area (TPSA) is 77.4 Å². The number of urea groups is 1. The Bertz CT molecular complexity index is 990. The average molecular weight is 420 g/mol. The van der Waals surface area contributed by atoms with Crippen LogP contribution in [0.5, 0.6) is 11.5 Å². The van der Waals surface area contributed by atoms with Gasteiger partial charge in [-0.05, 0) is 24.3 Å². The summed E-state index contributed by atoms with van der Waals surface area (Å²) in [5, 5.41) is 9.45. The number of ether oxygens (including phenoxy) is 2. The van der Waals surface area contributed by atoms with E-state index in [2.05, 4.69) is 15.7 Å². The molecule has 0 radical (unpaired) electrons. The first-order valence-corrected chi connectivity index (χ1v) is 8.85. The van der Waals surface area contributed by atoms with Gasteiger partial charge < -0.3 is 20.1 Å². The van der Waals surface area contributed by atoms with E-state index < -0.39 is 18.8 Å². The zero-order valence-electron chi connectivity index (χ0n) is 15.9. The van der Waals surface area contributed by atoms with E-state index in [4.69, 9.17) is 9.47 Å².